The van der Waals surface area contributed by atoms with Crippen molar-refractivity contribution in [2.75, 3.05) is 19.6 Å². The van der Waals surface area contributed by atoms with E-state index in [-0.39, 0.29) is 36.0 Å². The molecule has 1 aliphatic heterocycles. The number of amides is 1. The van der Waals surface area contributed by atoms with Gasteiger partial charge in [0.25, 0.3) is 5.91 Å². The van der Waals surface area contributed by atoms with E-state index >= 15 is 0 Å². The van der Waals surface area contributed by atoms with E-state index in [9.17, 15) is 9.90 Å². The van der Waals surface area contributed by atoms with E-state index in [0.29, 0.717) is 12.6 Å². The van der Waals surface area contributed by atoms with Crippen molar-refractivity contribution in [1.82, 2.24) is 15.5 Å². The summed E-state index contributed by atoms with van der Waals surface area (Å²) in [4.78, 5) is 19.4. The average molecular weight is 514 g/mol. The van der Waals surface area contributed by atoms with Crippen molar-refractivity contribution in [1.29, 1.82) is 0 Å². The minimum atomic E-state index is -0.155. The highest BCUT2D eigenvalue weighted by atomic mass is 127. The lowest BCUT2D eigenvalue weighted by Gasteiger charge is -2.27. The van der Waals surface area contributed by atoms with E-state index in [1.54, 1.807) is 0 Å². The van der Waals surface area contributed by atoms with Crippen molar-refractivity contribution in [3.8, 4) is 0 Å². The van der Waals surface area contributed by atoms with Crippen LogP contribution in [0.1, 0.15) is 67.8 Å². The van der Waals surface area contributed by atoms with Gasteiger partial charge in [0.1, 0.15) is 0 Å². The molecule has 2 aliphatic rings. The first kappa shape index (κ1) is 23.9. The zero-order valence-corrected chi connectivity index (χ0v) is 19.7. The van der Waals surface area contributed by atoms with Gasteiger partial charge in [-0.15, -0.1) is 24.0 Å². The first-order valence-corrected chi connectivity index (χ1v) is 10.8. The number of hydrogen-bond acceptors (Lipinski definition) is 3. The summed E-state index contributed by atoms with van der Waals surface area (Å²) in [5.74, 6) is 0.938. The second-order valence-corrected chi connectivity index (χ2v) is 7.90. The van der Waals surface area contributed by atoms with Gasteiger partial charge in [0.15, 0.2) is 5.96 Å². The van der Waals surface area contributed by atoms with Crippen LogP contribution in [-0.2, 0) is 6.54 Å². The molecule has 3 N–H and O–H groups in total. The van der Waals surface area contributed by atoms with Crippen LogP contribution in [0.3, 0.4) is 0 Å². The molecule has 6 nitrogen and oxygen atoms in total. The van der Waals surface area contributed by atoms with E-state index < -0.39 is 0 Å². The van der Waals surface area contributed by atoms with Crippen LogP contribution in [-0.4, -0.2) is 53.7 Å². The standard InChI is InChI=1S/C22H34N4O2.HI/c1-2-23-22(25-19-9-11-20(27)12-10-19)24-16-17-7-6-8-18(15-17)21(28)26-13-4-3-5-14-26;/h6-8,15,19-20,27H,2-5,9-14,16H2,1H3,(H2,23,24,25);1H. The number of carbonyl (C=O) groups excluding carboxylic acids is 1. The minimum Gasteiger partial charge on any atom is -0.393 e. The first-order chi connectivity index (χ1) is 13.7. The van der Waals surface area contributed by atoms with Crippen molar-refractivity contribution in [3.05, 3.63) is 35.4 Å². The summed E-state index contributed by atoms with van der Waals surface area (Å²) in [5.41, 5.74) is 1.80. The number of hydrogen-bond donors (Lipinski definition) is 3. The number of aliphatic imine (C=N–C) groups is 1. The van der Waals surface area contributed by atoms with Crippen LogP contribution in [0.2, 0.25) is 0 Å². The topological polar surface area (TPSA) is 77.0 Å². The maximum Gasteiger partial charge on any atom is 0.253 e. The number of nitrogens with zero attached hydrogens (tertiary/aromatic N) is 2. The number of aliphatic hydroxyl groups is 1. The van der Waals surface area contributed by atoms with Crippen LogP contribution in [0.5, 0.6) is 0 Å². The highest BCUT2D eigenvalue weighted by Gasteiger charge is 2.20. The normalized spacial score (nSPS) is 22.6. The quantitative estimate of drug-likeness (QED) is 0.320. The second kappa shape index (κ2) is 12.4. The zero-order valence-electron chi connectivity index (χ0n) is 17.4. The smallest absolute Gasteiger partial charge is 0.253 e. The number of rotatable bonds is 5. The molecular weight excluding hydrogens is 479 g/mol. The Kier molecular flexibility index (Phi) is 10.2. The predicted octanol–water partition coefficient (Wildman–Crippen LogP) is 3.29. The summed E-state index contributed by atoms with van der Waals surface area (Å²) >= 11 is 0. The first-order valence-electron chi connectivity index (χ1n) is 10.8. The van der Waals surface area contributed by atoms with Crippen LogP contribution in [0.15, 0.2) is 29.3 Å². The van der Waals surface area contributed by atoms with Gasteiger partial charge in [-0.1, -0.05) is 12.1 Å². The lowest BCUT2D eigenvalue weighted by molar-refractivity contribution is 0.0724. The molecule has 29 heavy (non-hydrogen) atoms. The van der Waals surface area contributed by atoms with E-state index in [0.717, 1.165) is 75.2 Å². The fourth-order valence-electron chi connectivity index (χ4n) is 3.99. The van der Waals surface area contributed by atoms with Gasteiger partial charge < -0.3 is 20.6 Å². The van der Waals surface area contributed by atoms with Crippen LogP contribution >= 0.6 is 24.0 Å². The Balaban J connectivity index is 0.00000300. The Labute approximate surface area is 191 Å². The molecule has 3 rings (SSSR count). The van der Waals surface area contributed by atoms with Crippen LogP contribution in [0, 0.1) is 0 Å². The van der Waals surface area contributed by atoms with Gasteiger partial charge in [0.05, 0.1) is 12.6 Å². The Bertz CT molecular complexity index is 669. The Morgan fingerprint density at radius 3 is 2.59 bits per heavy atom. The fourth-order valence-corrected chi connectivity index (χ4v) is 3.99. The number of nitrogens with one attached hydrogen (secondary N) is 2. The van der Waals surface area contributed by atoms with Gasteiger partial charge in [-0.25, -0.2) is 4.99 Å². The lowest BCUT2D eigenvalue weighted by atomic mass is 9.93. The molecule has 1 aromatic carbocycles. The molecule has 1 heterocycles. The Morgan fingerprint density at radius 1 is 1.17 bits per heavy atom. The van der Waals surface area contributed by atoms with Crippen LogP contribution < -0.4 is 10.6 Å². The van der Waals surface area contributed by atoms with E-state index in [2.05, 4.69) is 17.6 Å². The predicted molar refractivity (Wildman–Crippen MR) is 128 cm³/mol. The Morgan fingerprint density at radius 2 is 1.90 bits per heavy atom. The maximum absolute atomic E-state index is 12.7. The average Bonchev–Trinajstić information content (AvgIpc) is 2.74. The third kappa shape index (κ3) is 7.44. The van der Waals surface area contributed by atoms with Gasteiger partial charge in [0.2, 0.25) is 0 Å². The molecule has 1 aliphatic carbocycles. The molecule has 0 radical (unpaired) electrons. The molecule has 2 fully saturated rings. The van der Waals surface area contributed by atoms with Crippen molar-refractivity contribution < 1.29 is 9.90 Å². The van der Waals surface area contributed by atoms with Gasteiger partial charge in [-0.2, -0.15) is 0 Å². The van der Waals surface area contributed by atoms with Gasteiger partial charge in [0, 0.05) is 31.2 Å². The van der Waals surface area contributed by atoms with Crippen LogP contribution in [0.4, 0.5) is 0 Å². The van der Waals surface area contributed by atoms with E-state index in [4.69, 9.17) is 4.99 Å². The molecule has 0 unspecified atom stereocenters. The summed E-state index contributed by atoms with van der Waals surface area (Å²) in [6.45, 7) is 5.12. The molecule has 1 saturated carbocycles. The number of carbonyl (C=O) groups is 1. The maximum atomic E-state index is 12.7. The molecule has 1 saturated heterocycles. The molecule has 162 valence electrons. The molecule has 0 aromatic heterocycles. The highest BCUT2D eigenvalue weighted by Crippen LogP contribution is 2.18. The molecule has 0 bridgehead atoms. The summed E-state index contributed by atoms with van der Waals surface area (Å²) < 4.78 is 0. The minimum absolute atomic E-state index is 0. The van der Waals surface area contributed by atoms with Gasteiger partial charge >= 0.3 is 0 Å². The monoisotopic (exact) mass is 514 g/mol. The summed E-state index contributed by atoms with van der Waals surface area (Å²) in [7, 11) is 0. The number of aliphatic hydroxyl groups excluding tert-OH is 1. The molecule has 1 amide bonds. The summed E-state index contributed by atoms with van der Waals surface area (Å²) in [6, 6.07) is 8.21. The second-order valence-electron chi connectivity index (χ2n) is 7.90. The van der Waals surface area contributed by atoms with Crippen molar-refractivity contribution >= 4 is 35.8 Å². The van der Waals surface area contributed by atoms with Crippen molar-refractivity contribution in [2.24, 2.45) is 4.99 Å². The number of piperidine rings is 1. The summed E-state index contributed by atoms with van der Waals surface area (Å²) in [6.07, 6.45) is 6.89. The highest BCUT2D eigenvalue weighted by molar-refractivity contribution is 14.0. The SMILES string of the molecule is CCNC(=NCc1cccc(C(=O)N2CCCCC2)c1)NC1CCC(O)CC1.I. The number of likely N-dealkylation sites (tertiary alicyclic amines) is 1. The molecule has 7 heteroatoms. The fraction of sp³-hybridized carbons (Fsp3) is 0.636. The lowest BCUT2D eigenvalue weighted by Crippen LogP contribution is -2.45. The molecular formula is C22H35IN4O2. The van der Waals surface area contributed by atoms with E-state index in [1.807, 2.05) is 29.2 Å². The molecule has 0 spiro atoms. The van der Waals surface area contributed by atoms with E-state index in [1.165, 1.54) is 6.42 Å². The number of halogens is 1. The molecule has 1 aromatic rings. The largest absolute Gasteiger partial charge is 0.393 e. The Hall–Kier alpha value is -1.35. The zero-order chi connectivity index (χ0) is 19.8. The van der Waals surface area contributed by atoms with Gasteiger partial charge in [-0.05, 0) is 69.6 Å². The van der Waals surface area contributed by atoms with Crippen LogP contribution in [0.25, 0.3) is 0 Å². The number of benzene rings is 1. The third-order valence-corrected chi connectivity index (χ3v) is 5.62. The van der Waals surface area contributed by atoms with Gasteiger partial charge in [-0.3, -0.25) is 4.79 Å². The third-order valence-electron chi connectivity index (χ3n) is 5.62. The number of guanidine groups is 1. The van der Waals surface area contributed by atoms with Crippen molar-refractivity contribution in [2.45, 2.75) is 70.6 Å². The van der Waals surface area contributed by atoms with Crippen molar-refractivity contribution in [3.63, 3.8) is 0 Å². The summed E-state index contributed by atoms with van der Waals surface area (Å²) in [5, 5.41) is 16.5. The molecule has 0 atom stereocenters.